The van der Waals surface area contributed by atoms with E-state index in [0.717, 1.165) is 22.6 Å². The van der Waals surface area contributed by atoms with E-state index in [-0.39, 0.29) is 0 Å². The van der Waals surface area contributed by atoms with Crippen molar-refractivity contribution in [3.8, 4) is 22.8 Å². The van der Waals surface area contributed by atoms with E-state index in [1.807, 2.05) is 36.4 Å². The molecule has 2 aromatic carbocycles. The van der Waals surface area contributed by atoms with Gasteiger partial charge in [-0.2, -0.15) is 5.10 Å². The Hall–Kier alpha value is -2.62. The van der Waals surface area contributed by atoms with Crippen LogP contribution < -0.4 is 5.73 Å². The summed E-state index contributed by atoms with van der Waals surface area (Å²) in [5, 5.41) is 7.22. The van der Waals surface area contributed by atoms with Crippen LogP contribution in [-0.4, -0.2) is 15.2 Å². The van der Waals surface area contributed by atoms with Gasteiger partial charge in [-0.1, -0.05) is 23.8 Å². The molecule has 0 radical (unpaired) electrons. The number of rotatable bonds is 2. The zero-order chi connectivity index (χ0) is 13.2. The lowest BCUT2D eigenvalue weighted by Crippen LogP contribution is -1.85. The van der Waals surface area contributed by atoms with Crippen LogP contribution in [0.15, 0.2) is 48.5 Å². The summed E-state index contributed by atoms with van der Waals surface area (Å²) >= 11 is 0. The first-order valence-corrected chi connectivity index (χ1v) is 6.08. The first kappa shape index (κ1) is 11.5. The Bertz CT molecular complexity index is 698. The largest absolute Gasteiger partial charge is 0.399 e. The number of anilines is 1. The van der Waals surface area contributed by atoms with Crippen molar-refractivity contribution < 1.29 is 0 Å². The summed E-state index contributed by atoms with van der Waals surface area (Å²) in [5.41, 5.74) is 9.59. The molecule has 3 rings (SSSR count). The molecule has 1 heterocycles. The van der Waals surface area contributed by atoms with Gasteiger partial charge in [0.05, 0.1) is 0 Å². The third-order valence-electron chi connectivity index (χ3n) is 2.95. The van der Waals surface area contributed by atoms with Gasteiger partial charge in [0.1, 0.15) is 0 Å². The van der Waals surface area contributed by atoms with Gasteiger partial charge in [-0.3, -0.25) is 5.10 Å². The van der Waals surface area contributed by atoms with Crippen LogP contribution in [0.2, 0.25) is 0 Å². The van der Waals surface area contributed by atoms with Crippen LogP contribution in [0.5, 0.6) is 0 Å². The fourth-order valence-corrected chi connectivity index (χ4v) is 1.95. The molecular formula is C15H14N4. The summed E-state index contributed by atoms with van der Waals surface area (Å²) in [6.07, 6.45) is 0. The maximum atomic E-state index is 5.67. The summed E-state index contributed by atoms with van der Waals surface area (Å²) in [4.78, 5) is 4.51. The number of hydrogen-bond donors (Lipinski definition) is 2. The molecular weight excluding hydrogens is 236 g/mol. The highest BCUT2D eigenvalue weighted by Gasteiger charge is 2.07. The van der Waals surface area contributed by atoms with Crippen molar-refractivity contribution in [2.45, 2.75) is 6.92 Å². The Kier molecular flexibility index (Phi) is 2.76. The zero-order valence-corrected chi connectivity index (χ0v) is 10.6. The minimum atomic E-state index is 0.704. The Balaban J connectivity index is 1.97. The van der Waals surface area contributed by atoms with Crippen molar-refractivity contribution >= 4 is 5.69 Å². The number of aromatic nitrogens is 3. The molecule has 0 atom stereocenters. The van der Waals surface area contributed by atoms with Crippen molar-refractivity contribution in [1.82, 2.24) is 15.2 Å². The second-order valence-electron chi connectivity index (χ2n) is 4.50. The van der Waals surface area contributed by atoms with Crippen molar-refractivity contribution in [2.24, 2.45) is 0 Å². The Morgan fingerprint density at radius 2 is 1.79 bits per heavy atom. The van der Waals surface area contributed by atoms with Crippen LogP contribution in [0.1, 0.15) is 5.56 Å². The van der Waals surface area contributed by atoms with E-state index in [1.54, 1.807) is 0 Å². The number of H-pyrrole nitrogens is 1. The molecule has 0 bridgehead atoms. The molecule has 19 heavy (non-hydrogen) atoms. The van der Waals surface area contributed by atoms with Gasteiger partial charge in [0.2, 0.25) is 0 Å². The van der Waals surface area contributed by atoms with Crippen LogP contribution in [0.3, 0.4) is 0 Å². The molecule has 4 heteroatoms. The predicted octanol–water partition coefficient (Wildman–Crippen LogP) is 3.03. The Morgan fingerprint density at radius 1 is 1.00 bits per heavy atom. The first-order valence-electron chi connectivity index (χ1n) is 6.08. The molecule has 0 spiro atoms. The van der Waals surface area contributed by atoms with Crippen LogP contribution in [0, 0.1) is 6.92 Å². The van der Waals surface area contributed by atoms with Gasteiger partial charge in [0.15, 0.2) is 11.6 Å². The molecule has 0 amide bonds. The average Bonchev–Trinajstić information content (AvgIpc) is 2.89. The van der Waals surface area contributed by atoms with E-state index < -0.39 is 0 Å². The van der Waals surface area contributed by atoms with Crippen LogP contribution >= 0.6 is 0 Å². The van der Waals surface area contributed by atoms with Gasteiger partial charge in [-0.05, 0) is 37.3 Å². The van der Waals surface area contributed by atoms with Gasteiger partial charge in [-0.15, -0.1) is 0 Å². The number of nitrogens with zero attached hydrogens (tertiary/aromatic N) is 2. The summed E-state index contributed by atoms with van der Waals surface area (Å²) in [7, 11) is 0. The van der Waals surface area contributed by atoms with Crippen molar-refractivity contribution in [3.05, 3.63) is 54.1 Å². The summed E-state index contributed by atoms with van der Waals surface area (Å²) < 4.78 is 0. The van der Waals surface area contributed by atoms with Gasteiger partial charge in [-0.25, -0.2) is 4.98 Å². The third-order valence-corrected chi connectivity index (χ3v) is 2.95. The minimum Gasteiger partial charge on any atom is -0.399 e. The summed E-state index contributed by atoms with van der Waals surface area (Å²) in [6, 6.07) is 15.7. The lowest BCUT2D eigenvalue weighted by atomic mass is 10.1. The lowest BCUT2D eigenvalue weighted by Gasteiger charge is -1.97. The first-order chi connectivity index (χ1) is 9.22. The molecule has 0 aliphatic rings. The van der Waals surface area contributed by atoms with Crippen molar-refractivity contribution in [2.75, 3.05) is 5.73 Å². The normalized spacial score (nSPS) is 10.6. The standard InChI is InChI=1S/C15H14N4/c1-10-3-2-4-12(9-10)15-17-14(18-19-15)11-5-7-13(16)8-6-11/h2-9H,16H2,1H3,(H,17,18,19). The molecule has 4 nitrogen and oxygen atoms in total. The second kappa shape index (κ2) is 4.57. The number of nitrogens with two attached hydrogens (primary N) is 1. The molecule has 0 aliphatic carbocycles. The lowest BCUT2D eigenvalue weighted by molar-refractivity contribution is 1.10. The molecule has 1 aromatic heterocycles. The van der Waals surface area contributed by atoms with Crippen LogP contribution in [-0.2, 0) is 0 Å². The van der Waals surface area contributed by atoms with E-state index in [0.29, 0.717) is 5.82 Å². The zero-order valence-electron chi connectivity index (χ0n) is 10.6. The molecule has 0 aliphatic heterocycles. The maximum Gasteiger partial charge on any atom is 0.181 e. The van der Waals surface area contributed by atoms with E-state index in [1.165, 1.54) is 5.56 Å². The molecule has 0 saturated carbocycles. The molecule has 94 valence electrons. The minimum absolute atomic E-state index is 0.704. The molecule has 3 aromatic rings. The average molecular weight is 250 g/mol. The van der Waals surface area contributed by atoms with E-state index in [4.69, 9.17) is 5.73 Å². The number of benzene rings is 2. The molecule has 0 fully saturated rings. The highest BCUT2D eigenvalue weighted by molar-refractivity contribution is 5.63. The summed E-state index contributed by atoms with van der Waals surface area (Å²) in [5.74, 6) is 1.45. The van der Waals surface area contributed by atoms with E-state index in [9.17, 15) is 0 Å². The molecule has 0 unspecified atom stereocenters. The smallest absolute Gasteiger partial charge is 0.181 e. The fourth-order valence-electron chi connectivity index (χ4n) is 1.95. The molecule has 3 N–H and O–H groups in total. The van der Waals surface area contributed by atoms with Gasteiger partial charge in [0.25, 0.3) is 0 Å². The monoisotopic (exact) mass is 250 g/mol. The Labute approximate surface area is 111 Å². The van der Waals surface area contributed by atoms with Gasteiger partial charge in [0, 0.05) is 16.8 Å². The second-order valence-corrected chi connectivity index (χ2v) is 4.50. The van der Waals surface area contributed by atoms with E-state index >= 15 is 0 Å². The topological polar surface area (TPSA) is 67.6 Å². The van der Waals surface area contributed by atoms with Crippen LogP contribution in [0.25, 0.3) is 22.8 Å². The van der Waals surface area contributed by atoms with Gasteiger partial charge >= 0.3 is 0 Å². The predicted molar refractivity (Wildman–Crippen MR) is 76.4 cm³/mol. The number of nitrogens with one attached hydrogen (secondary N) is 1. The third kappa shape index (κ3) is 2.33. The number of nitrogen functional groups attached to an aromatic ring is 1. The van der Waals surface area contributed by atoms with Crippen LogP contribution in [0.4, 0.5) is 5.69 Å². The number of aromatic amines is 1. The number of hydrogen-bond acceptors (Lipinski definition) is 3. The van der Waals surface area contributed by atoms with Gasteiger partial charge < -0.3 is 5.73 Å². The fraction of sp³-hybridized carbons (Fsp3) is 0.0667. The highest BCUT2D eigenvalue weighted by atomic mass is 15.2. The Morgan fingerprint density at radius 3 is 2.53 bits per heavy atom. The van der Waals surface area contributed by atoms with Crippen molar-refractivity contribution in [3.63, 3.8) is 0 Å². The van der Waals surface area contributed by atoms with Crippen molar-refractivity contribution in [1.29, 1.82) is 0 Å². The summed E-state index contributed by atoms with van der Waals surface area (Å²) in [6.45, 7) is 2.05. The highest BCUT2D eigenvalue weighted by Crippen LogP contribution is 2.21. The van der Waals surface area contributed by atoms with E-state index in [2.05, 4.69) is 34.2 Å². The SMILES string of the molecule is Cc1cccc(-c2n[nH]c(-c3ccc(N)cc3)n2)c1. The number of aryl methyl sites for hydroxylation is 1. The quantitative estimate of drug-likeness (QED) is 0.687. The maximum absolute atomic E-state index is 5.67. The molecule has 0 saturated heterocycles.